The lowest BCUT2D eigenvalue weighted by Gasteiger charge is -2.21. The third-order valence-corrected chi connectivity index (χ3v) is 4.99. The van der Waals surface area contributed by atoms with Gasteiger partial charge in [-0.3, -0.25) is 9.59 Å². The molecule has 1 aliphatic carbocycles. The summed E-state index contributed by atoms with van der Waals surface area (Å²) in [4.78, 5) is 30.5. The van der Waals surface area contributed by atoms with Crippen molar-refractivity contribution in [2.75, 3.05) is 46.4 Å². The van der Waals surface area contributed by atoms with E-state index in [4.69, 9.17) is 4.74 Å². The number of ether oxygens (including phenoxy) is 1. The Labute approximate surface area is 155 Å². The molecule has 26 heavy (non-hydrogen) atoms. The number of hydrogen-bond acceptors (Lipinski definition) is 6. The fourth-order valence-corrected chi connectivity index (χ4v) is 3.07. The maximum Gasteiger partial charge on any atom is 0.227 e. The molecule has 7 heteroatoms. The second kappa shape index (κ2) is 6.76. The lowest BCUT2D eigenvalue weighted by atomic mass is 10.0. The van der Waals surface area contributed by atoms with Gasteiger partial charge >= 0.3 is 0 Å². The van der Waals surface area contributed by atoms with Gasteiger partial charge in [0.05, 0.1) is 12.8 Å². The molecule has 0 spiro atoms. The highest BCUT2D eigenvalue weighted by molar-refractivity contribution is 7.27. The first-order valence-electron chi connectivity index (χ1n) is 8.78. The molecule has 3 fully saturated rings. The van der Waals surface area contributed by atoms with Crippen LogP contribution in [-0.2, 0) is 9.59 Å². The average Bonchev–Trinajstić information content (AvgIpc) is 3.50. The van der Waals surface area contributed by atoms with E-state index in [1.165, 1.54) is 11.4 Å². The van der Waals surface area contributed by atoms with Gasteiger partial charge in [0, 0.05) is 45.3 Å². The Hall–Kier alpha value is -2.33. The van der Waals surface area contributed by atoms with Crippen molar-refractivity contribution >= 4 is 26.1 Å². The molecule has 1 atom stereocenters. The lowest BCUT2D eigenvalue weighted by molar-refractivity contribution is -0.117. The molecular weight excluding hydrogens is 349 g/mol. The van der Waals surface area contributed by atoms with Gasteiger partial charge in [0.1, 0.15) is 17.1 Å². The zero-order valence-corrected chi connectivity index (χ0v) is 15.9. The van der Waals surface area contributed by atoms with Crippen molar-refractivity contribution in [3.8, 4) is 5.75 Å². The molecule has 6 nitrogen and oxygen atoms in total. The van der Waals surface area contributed by atoms with E-state index in [0.29, 0.717) is 17.1 Å². The quantitative estimate of drug-likeness (QED) is 0.433. The molecule has 0 radical (unpaired) electrons. The van der Waals surface area contributed by atoms with E-state index in [-0.39, 0.29) is 11.6 Å². The summed E-state index contributed by atoms with van der Waals surface area (Å²) in [7, 11) is 4.28. The smallest absolute Gasteiger partial charge is 0.227 e. The van der Waals surface area contributed by atoms with Crippen LogP contribution >= 0.6 is 9.24 Å². The molecule has 1 aromatic carbocycles. The van der Waals surface area contributed by atoms with Crippen LogP contribution < -0.4 is 10.0 Å². The number of hydrogen-bond donors (Lipinski definition) is 0. The highest BCUT2D eigenvalue weighted by atomic mass is 31.0. The molecule has 3 aliphatic heterocycles. The van der Waals surface area contributed by atoms with E-state index in [9.17, 15) is 9.59 Å². The van der Waals surface area contributed by atoms with Crippen molar-refractivity contribution in [3.05, 3.63) is 47.4 Å². The molecule has 0 aromatic heterocycles. The summed E-state index contributed by atoms with van der Waals surface area (Å²) in [6.45, 7) is 5.41. The third kappa shape index (κ3) is 3.61. The second-order valence-corrected chi connectivity index (χ2v) is 7.32. The van der Waals surface area contributed by atoms with E-state index in [1.807, 2.05) is 39.0 Å². The summed E-state index contributed by atoms with van der Waals surface area (Å²) in [6.07, 6.45) is 1.52. The summed E-state index contributed by atoms with van der Waals surface area (Å²) in [5.74, 6) is 0.952. The Balaban J connectivity index is 0.000000160. The topological polar surface area (TPSA) is 52.4 Å². The molecule has 1 unspecified atom stereocenters. The fraction of sp³-hybridized carbons (Fsp3) is 0.368. The van der Waals surface area contributed by atoms with Crippen LogP contribution in [0, 0.1) is 0 Å². The van der Waals surface area contributed by atoms with Crippen LogP contribution in [0.2, 0.25) is 0 Å². The molecule has 4 aliphatic rings. The normalized spacial score (nSPS) is 20.5. The standard InChI is InChI=1S/C12H13N3O2.C7H9OP/c16-9-7-8(13-1-2-13)12(17)11(15-5-6-15)10(9)14-3-4-14;1-8-6-2-4-7(9)5-3-6/h7H,1-6H2;2-5H,9H2,1H3. The van der Waals surface area contributed by atoms with Gasteiger partial charge in [0.15, 0.2) is 0 Å². The van der Waals surface area contributed by atoms with E-state index in [2.05, 4.69) is 9.24 Å². The number of nitrogens with zero attached hydrogens (tertiary/aromatic N) is 3. The van der Waals surface area contributed by atoms with E-state index in [1.54, 1.807) is 7.11 Å². The number of ketones is 2. The van der Waals surface area contributed by atoms with E-state index < -0.39 is 0 Å². The summed E-state index contributed by atoms with van der Waals surface area (Å²) in [6, 6.07) is 7.84. The molecule has 0 N–H and O–H groups in total. The van der Waals surface area contributed by atoms with E-state index >= 15 is 0 Å². The van der Waals surface area contributed by atoms with Crippen LogP contribution in [-0.4, -0.2) is 72.6 Å². The first kappa shape index (κ1) is 17.1. The lowest BCUT2D eigenvalue weighted by Crippen LogP contribution is -2.29. The second-order valence-electron chi connectivity index (χ2n) is 6.65. The Morgan fingerprint density at radius 1 is 0.846 bits per heavy atom. The minimum atomic E-state index is 0.00546. The van der Waals surface area contributed by atoms with Gasteiger partial charge in [0.2, 0.25) is 11.6 Å². The average molecular weight is 371 g/mol. The minimum absolute atomic E-state index is 0.00546. The van der Waals surface area contributed by atoms with Gasteiger partial charge in [-0.05, 0) is 17.4 Å². The number of methoxy groups -OCH3 is 1. The van der Waals surface area contributed by atoms with Crippen LogP contribution in [0.5, 0.6) is 5.75 Å². The van der Waals surface area contributed by atoms with Crippen LogP contribution in [0.25, 0.3) is 0 Å². The molecule has 5 rings (SSSR count). The molecular formula is C19H22N3O3P. The number of benzene rings is 1. The number of allylic oxidation sites excluding steroid dienone is 1. The summed E-state index contributed by atoms with van der Waals surface area (Å²) in [5, 5.41) is 1.18. The van der Waals surface area contributed by atoms with Crippen molar-refractivity contribution in [3.63, 3.8) is 0 Å². The Bertz CT molecular complexity index is 804. The molecule has 1 aromatic rings. The first-order valence-corrected chi connectivity index (χ1v) is 9.35. The zero-order chi connectivity index (χ0) is 18.3. The maximum atomic E-state index is 12.4. The molecule has 0 saturated carbocycles. The summed E-state index contributed by atoms with van der Waals surface area (Å²) >= 11 is 0. The number of rotatable bonds is 4. The van der Waals surface area contributed by atoms with Crippen molar-refractivity contribution in [2.24, 2.45) is 0 Å². The molecule has 0 amide bonds. The highest BCUT2D eigenvalue weighted by Crippen LogP contribution is 2.33. The van der Waals surface area contributed by atoms with Crippen molar-refractivity contribution in [1.82, 2.24) is 14.7 Å². The predicted molar refractivity (Wildman–Crippen MR) is 102 cm³/mol. The first-order chi connectivity index (χ1) is 12.6. The monoisotopic (exact) mass is 371 g/mol. The van der Waals surface area contributed by atoms with Crippen molar-refractivity contribution in [1.29, 1.82) is 0 Å². The summed E-state index contributed by atoms with van der Waals surface area (Å²) in [5.41, 5.74) is 1.89. The largest absolute Gasteiger partial charge is 0.497 e. The number of carbonyl (C=O) groups excluding carboxylic acids is 2. The van der Waals surface area contributed by atoms with Gasteiger partial charge in [-0.2, -0.15) is 0 Å². The van der Waals surface area contributed by atoms with Crippen LogP contribution in [0.4, 0.5) is 0 Å². The number of Topliss-reactive ketones (excluding diaryl/α,β-unsaturated/α-hetero) is 1. The number of carbonyl (C=O) groups is 2. The SMILES string of the molecule is COc1ccc(P)cc1.O=C1C=C(N2CC2)C(=O)C(N2CC2)=C1N1CC1. The van der Waals surface area contributed by atoms with E-state index in [0.717, 1.165) is 45.0 Å². The Morgan fingerprint density at radius 2 is 1.38 bits per heavy atom. The maximum absolute atomic E-state index is 12.4. The zero-order valence-electron chi connectivity index (χ0n) is 14.8. The Kier molecular flexibility index (Phi) is 4.45. The highest BCUT2D eigenvalue weighted by Gasteiger charge is 2.43. The van der Waals surface area contributed by atoms with Crippen LogP contribution in [0.1, 0.15) is 0 Å². The van der Waals surface area contributed by atoms with Crippen LogP contribution in [0.3, 0.4) is 0 Å². The van der Waals surface area contributed by atoms with Gasteiger partial charge in [-0.1, -0.05) is 12.1 Å². The van der Waals surface area contributed by atoms with Gasteiger partial charge in [0.25, 0.3) is 0 Å². The fourth-order valence-electron chi connectivity index (χ4n) is 2.88. The van der Waals surface area contributed by atoms with Crippen LogP contribution in [0.15, 0.2) is 47.4 Å². The van der Waals surface area contributed by atoms with Crippen molar-refractivity contribution in [2.45, 2.75) is 0 Å². The predicted octanol–water partition coefficient (Wildman–Crippen LogP) is 0.376. The minimum Gasteiger partial charge on any atom is -0.497 e. The van der Waals surface area contributed by atoms with Gasteiger partial charge in [-0.15, -0.1) is 9.24 Å². The van der Waals surface area contributed by atoms with Gasteiger partial charge in [-0.25, -0.2) is 0 Å². The Morgan fingerprint density at radius 3 is 1.88 bits per heavy atom. The van der Waals surface area contributed by atoms with Crippen molar-refractivity contribution < 1.29 is 14.3 Å². The van der Waals surface area contributed by atoms with Gasteiger partial charge < -0.3 is 19.4 Å². The summed E-state index contributed by atoms with van der Waals surface area (Å²) < 4.78 is 4.96. The molecule has 0 bridgehead atoms. The third-order valence-electron chi connectivity index (χ3n) is 4.60. The molecule has 3 heterocycles. The molecule has 3 saturated heterocycles. The molecule has 136 valence electrons.